The summed E-state index contributed by atoms with van der Waals surface area (Å²) in [4.78, 5) is 47.9. The second kappa shape index (κ2) is 9.45. The molecular weight excluding hydrogens is 340 g/mol. The second-order valence-corrected chi connectivity index (χ2v) is 5.70. The molecule has 0 aromatic rings. The van der Waals surface area contributed by atoms with E-state index < -0.39 is 48.4 Å². The molecule has 136 valence electrons. The summed E-state index contributed by atoms with van der Waals surface area (Å²) in [5, 5.41) is 22.5. The quantitative estimate of drug-likeness (QED) is 0.249. The molecular formula is C13H22N4O6S. The van der Waals surface area contributed by atoms with Crippen molar-refractivity contribution in [3.05, 3.63) is 0 Å². The number of amides is 3. The van der Waals surface area contributed by atoms with Crippen LogP contribution in [0.25, 0.3) is 0 Å². The lowest BCUT2D eigenvalue weighted by Crippen LogP contribution is -2.54. The number of likely N-dealkylation sites (tertiary alicyclic amines) is 1. The molecule has 0 aromatic carbocycles. The Labute approximate surface area is 144 Å². The van der Waals surface area contributed by atoms with E-state index in [1.54, 1.807) is 0 Å². The number of carboxylic acid groups (broad SMARTS) is 1. The van der Waals surface area contributed by atoms with Gasteiger partial charge >= 0.3 is 5.97 Å². The number of nitrogens with one attached hydrogen (secondary N) is 2. The van der Waals surface area contributed by atoms with Crippen LogP contribution in [0.2, 0.25) is 0 Å². The van der Waals surface area contributed by atoms with Crippen molar-refractivity contribution in [3.8, 4) is 0 Å². The van der Waals surface area contributed by atoms with Gasteiger partial charge in [0.15, 0.2) is 0 Å². The lowest BCUT2D eigenvalue weighted by atomic mass is 10.2. The zero-order valence-corrected chi connectivity index (χ0v) is 13.9. The van der Waals surface area contributed by atoms with E-state index in [1.807, 2.05) is 0 Å². The van der Waals surface area contributed by atoms with Crippen LogP contribution in [-0.4, -0.2) is 82.4 Å². The van der Waals surface area contributed by atoms with Gasteiger partial charge in [0, 0.05) is 12.3 Å². The van der Waals surface area contributed by atoms with Crippen molar-refractivity contribution in [2.24, 2.45) is 5.73 Å². The number of hydrogen-bond donors (Lipinski definition) is 6. The highest BCUT2D eigenvalue weighted by Gasteiger charge is 2.34. The van der Waals surface area contributed by atoms with Gasteiger partial charge in [-0.2, -0.15) is 12.6 Å². The zero-order valence-electron chi connectivity index (χ0n) is 13.0. The Balaban J connectivity index is 2.52. The molecule has 1 aliphatic rings. The van der Waals surface area contributed by atoms with E-state index in [1.165, 1.54) is 4.90 Å². The van der Waals surface area contributed by atoms with E-state index in [4.69, 9.17) is 15.9 Å². The number of hydrogen-bond acceptors (Lipinski definition) is 7. The molecule has 0 saturated carbocycles. The molecule has 1 aliphatic heterocycles. The minimum absolute atomic E-state index is 0.0363. The third kappa shape index (κ3) is 5.35. The fraction of sp³-hybridized carbons (Fsp3) is 0.692. The van der Waals surface area contributed by atoms with Crippen LogP contribution in [0, 0.1) is 0 Å². The molecule has 0 radical (unpaired) electrons. The molecule has 0 aromatic heterocycles. The normalized spacial score (nSPS) is 19.5. The van der Waals surface area contributed by atoms with Gasteiger partial charge in [-0.25, -0.2) is 4.79 Å². The summed E-state index contributed by atoms with van der Waals surface area (Å²) in [5.74, 6) is -2.99. The number of nitrogens with zero attached hydrogens (tertiary/aromatic N) is 1. The number of thiol groups is 1. The molecule has 1 fully saturated rings. The van der Waals surface area contributed by atoms with E-state index in [-0.39, 0.29) is 12.3 Å². The van der Waals surface area contributed by atoms with Crippen LogP contribution < -0.4 is 16.4 Å². The minimum Gasteiger partial charge on any atom is -0.480 e. The molecule has 0 bridgehead atoms. The molecule has 0 unspecified atom stereocenters. The Morgan fingerprint density at radius 1 is 1.29 bits per heavy atom. The van der Waals surface area contributed by atoms with E-state index in [2.05, 4.69) is 23.3 Å². The Morgan fingerprint density at radius 3 is 2.50 bits per heavy atom. The van der Waals surface area contributed by atoms with Crippen LogP contribution in [0.15, 0.2) is 0 Å². The van der Waals surface area contributed by atoms with Crippen molar-refractivity contribution in [2.75, 3.05) is 25.4 Å². The molecule has 0 aliphatic carbocycles. The van der Waals surface area contributed by atoms with Gasteiger partial charge in [0.25, 0.3) is 0 Å². The molecule has 3 amide bonds. The molecule has 1 saturated heterocycles. The van der Waals surface area contributed by atoms with Crippen molar-refractivity contribution in [1.29, 1.82) is 0 Å². The number of aliphatic hydroxyl groups is 1. The first-order chi connectivity index (χ1) is 11.3. The SMILES string of the molecule is N[C@@H](CO)C(=O)N[C@@H](CS)C(=O)NCC(=O)N1CCC[C@H]1C(=O)O. The third-order valence-corrected chi connectivity index (χ3v) is 3.99. The molecule has 24 heavy (non-hydrogen) atoms. The molecule has 11 heteroatoms. The highest BCUT2D eigenvalue weighted by atomic mass is 32.1. The average molecular weight is 362 g/mol. The fourth-order valence-electron chi connectivity index (χ4n) is 2.27. The van der Waals surface area contributed by atoms with Gasteiger partial charge in [-0.3, -0.25) is 14.4 Å². The maximum absolute atomic E-state index is 12.0. The van der Waals surface area contributed by atoms with E-state index in [9.17, 15) is 19.2 Å². The van der Waals surface area contributed by atoms with Crippen molar-refractivity contribution < 1.29 is 29.4 Å². The number of nitrogens with two attached hydrogens (primary N) is 1. The van der Waals surface area contributed by atoms with Crippen LogP contribution in [0.1, 0.15) is 12.8 Å². The monoisotopic (exact) mass is 362 g/mol. The van der Waals surface area contributed by atoms with Crippen LogP contribution in [0.3, 0.4) is 0 Å². The Hall–Kier alpha value is -1.85. The zero-order chi connectivity index (χ0) is 18.3. The standard InChI is InChI=1S/C13H22N4O6S/c14-7(5-18)11(20)16-8(6-24)12(21)15-4-10(19)17-3-1-2-9(17)13(22)23/h7-9,18,24H,1-6,14H2,(H,15,21)(H,16,20)(H,22,23)/t7-,8-,9-/m0/s1. The number of rotatable bonds is 8. The molecule has 10 nitrogen and oxygen atoms in total. The van der Waals surface area contributed by atoms with Crippen molar-refractivity contribution in [2.45, 2.75) is 31.0 Å². The molecule has 1 heterocycles. The van der Waals surface area contributed by atoms with Gasteiger partial charge in [-0.15, -0.1) is 0 Å². The first-order valence-electron chi connectivity index (χ1n) is 7.39. The highest BCUT2D eigenvalue weighted by Crippen LogP contribution is 2.17. The van der Waals surface area contributed by atoms with Crippen LogP contribution in [0.5, 0.6) is 0 Å². The smallest absolute Gasteiger partial charge is 0.326 e. The summed E-state index contributed by atoms with van der Waals surface area (Å²) in [5.41, 5.74) is 5.33. The maximum atomic E-state index is 12.0. The summed E-state index contributed by atoms with van der Waals surface area (Å²) < 4.78 is 0. The van der Waals surface area contributed by atoms with Crippen LogP contribution in [-0.2, 0) is 19.2 Å². The average Bonchev–Trinajstić information content (AvgIpc) is 3.06. The van der Waals surface area contributed by atoms with Gasteiger partial charge < -0.3 is 31.5 Å². The van der Waals surface area contributed by atoms with Gasteiger partial charge in [0.05, 0.1) is 13.2 Å². The Kier molecular flexibility index (Phi) is 7.95. The lowest BCUT2D eigenvalue weighted by molar-refractivity contribution is -0.148. The summed E-state index contributed by atoms with van der Waals surface area (Å²) >= 11 is 3.95. The largest absolute Gasteiger partial charge is 0.480 e. The number of aliphatic carboxylic acids is 1. The first-order valence-corrected chi connectivity index (χ1v) is 8.02. The molecule has 1 rings (SSSR count). The highest BCUT2D eigenvalue weighted by molar-refractivity contribution is 7.80. The predicted octanol–water partition coefficient (Wildman–Crippen LogP) is -3.09. The van der Waals surface area contributed by atoms with Crippen molar-refractivity contribution in [1.82, 2.24) is 15.5 Å². The van der Waals surface area contributed by atoms with E-state index in [0.717, 1.165) is 0 Å². The lowest BCUT2D eigenvalue weighted by Gasteiger charge is -2.22. The van der Waals surface area contributed by atoms with Gasteiger partial charge in [-0.1, -0.05) is 0 Å². The molecule has 6 N–H and O–H groups in total. The van der Waals surface area contributed by atoms with Crippen molar-refractivity contribution in [3.63, 3.8) is 0 Å². The van der Waals surface area contributed by atoms with Gasteiger partial charge in [0.1, 0.15) is 18.1 Å². The van der Waals surface area contributed by atoms with Crippen LogP contribution >= 0.6 is 12.6 Å². The van der Waals surface area contributed by atoms with Crippen LogP contribution in [0.4, 0.5) is 0 Å². The third-order valence-electron chi connectivity index (χ3n) is 3.62. The van der Waals surface area contributed by atoms with Gasteiger partial charge in [-0.05, 0) is 12.8 Å². The first kappa shape index (κ1) is 20.2. The number of carboxylic acids is 1. The summed E-state index contributed by atoms with van der Waals surface area (Å²) in [6, 6.07) is -3.07. The van der Waals surface area contributed by atoms with Gasteiger partial charge in [0.2, 0.25) is 17.7 Å². The minimum atomic E-state index is -1.16. The summed E-state index contributed by atoms with van der Waals surface area (Å²) in [7, 11) is 0. The topological polar surface area (TPSA) is 162 Å². The van der Waals surface area contributed by atoms with E-state index in [0.29, 0.717) is 19.4 Å². The molecule has 0 spiro atoms. The number of carbonyl (C=O) groups is 4. The maximum Gasteiger partial charge on any atom is 0.326 e. The van der Waals surface area contributed by atoms with Crippen molar-refractivity contribution >= 4 is 36.3 Å². The number of aliphatic hydroxyl groups excluding tert-OH is 1. The Morgan fingerprint density at radius 2 is 1.96 bits per heavy atom. The summed E-state index contributed by atoms with van der Waals surface area (Å²) in [6.45, 7) is -0.630. The predicted molar refractivity (Wildman–Crippen MR) is 86.2 cm³/mol. The fourth-order valence-corrected chi connectivity index (χ4v) is 2.52. The summed E-state index contributed by atoms with van der Waals surface area (Å²) in [6.07, 6.45) is 0.967. The van der Waals surface area contributed by atoms with E-state index >= 15 is 0 Å². The molecule has 3 atom stereocenters. The second-order valence-electron chi connectivity index (χ2n) is 5.33. The number of carbonyl (C=O) groups excluding carboxylic acids is 3. The Bertz CT molecular complexity index is 503.